The van der Waals surface area contributed by atoms with E-state index in [2.05, 4.69) is 40.1 Å². The molecule has 0 rings (SSSR count). The first-order chi connectivity index (χ1) is 6.55. The van der Waals surface area contributed by atoms with Crippen LogP contribution in [0.1, 0.15) is 59.8 Å². The molecule has 0 aromatic rings. The Morgan fingerprint density at radius 3 is 2.29 bits per heavy atom. The fourth-order valence-corrected chi connectivity index (χ4v) is 2.28. The Hall–Kier alpha value is -0.0400. The van der Waals surface area contributed by atoms with Crippen molar-refractivity contribution in [2.24, 2.45) is 11.3 Å². The minimum absolute atomic E-state index is 0.461. The van der Waals surface area contributed by atoms with Gasteiger partial charge in [0.25, 0.3) is 0 Å². The zero-order valence-electron chi connectivity index (χ0n) is 10.8. The van der Waals surface area contributed by atoms with Crippen LogP contribution in [0, 0.1) is 11.3 Å². The highest BCUT2D eigenvalue weighted by Crippen LogP contribution is 2.29. The number of rotatable bonds is 8. The van der Waals surface area contributed by atoms with Crippen molar-refractivity contribution in [2.75, 3.05) is 13.6 Å². The Morgan fingerprint density at radius 2 is 1.86 bits per heavy atom. The van der Waals surface area contributed by atoms with Crippen LogP contribution in [0.25, 0.3) is 0 Å². The van der Waals surface area contributed by atoms with Crippen molar-refractivity contribution in [3.05, 3.63) is 0 Å². The second kappa shape index (κ2) is 7.28. The molecular weight excluding hydrogens is 170 g/mol. The minimum atomic E-state index is 0.461. The van der Waals surface area contributed by atoms with Gasteiger partial charge in [0.1, 0.15) is 0 Å². The first-order valence-electron chi connectivity index (χ1n) is 6.20. The van der Waals surface area contributed by atoms with E-state index in [1.54, 1.807) is 0 Å². The molecule has 1 N–H and O–H groups in total. The molecule has 0 radical (unpaired) electrons. The van der Waals surface area contributed by atoms with Crippen molar-refractivity contribution in [3.8, 4) is 0 Å². The van der Waals surface area contributed by atoms with E-state index in [0.717, 1.165) is 12.5 Å². The molecule has 0 aromatic heterocycles. The Labute approximate surface area is 90.7 Å². The van der Waals surface area contributed by atoms with E-state index in [0.29, 0.717) is 5.41 Å². The fourth-order valence-electron chi connectivity index (χ4n) is 2.28. The summed E-state index contributed by atoms with van der Waals surface area (Å²) in [5, 5.41) is 3.29. The summed E-state index contributed by atoms with van der Waals surface area (Å²) < 4.78 is 0. The highest BCUT2D eigenvalue weighted by Gasteiger charge is 2.21. The maximum atomic E-state index is 3.29. The average Bonchev–Trinajstić information content (AvgIpc) is 2.12. The topological polar surface area (TPSA) is 12.0 Å². The molecule has 0 aliphatic carbocycles. The van der Waals surface area contributed by atoms with Gasteiger partial charge in [-0.25, -0.2) is 0 Å². The number of hydrogen-bond acceptors (Lipinski definition) is 1. The van der Waals surface area contributed by atoms with Gasteiger partial charge in [-0.2, -0.15) is 0 Å². The minimum Gasteiger partial charge on any atom is -0.319 e. The smallest absolute Gasteiger partial charge is 0.0000385 e. The van der Waals surface area contributed by atoms with Gasteiger partial charge in [-0.15, -0.1) is 0 Å². The van der Waals surface area contributed by atoms with Crippen molar-refractivity contribution >= 4 is 0 Å². The second-order valence-electron chi connectivity index (χ2n) is 5.32. The predicted octanol–water partition coefficient (Wildman–Crippen LogP) is 3.84. The van der Waals surface area contributed by atoms with E-state index in [9.17, 15) is 0 Å². The molecule has 1 unspecified atom stereocenters. The van der Waals surface area contributed by atoms with E-state index in [1.807, 2.05) is 0 Å². The molecule has 0 amide bonds. The van der Waals surface area contributed by atoms with E-state index < -0.39 is 0 Å². The van der Waals surface area contributed by atoms with Crippen molar-refractivity contribution < 1.29 is 0 Å². The van der Waals surface area contributed by atoms with Crippen LogP contribution in [0.5, 0.6) is 0 Å². The van der Waals surface area contributed by atoms with Crippen molar-refractivity contribution in [1.82, 2.24) is 5.32 Å². The van der Waals surface area contributed by atoms with Crippen molar-refractivity contribution in [2.45, 2.75) is 59.8 Å². The number of nitrogens with one attached hydrogen (secondary N) is 1. The molecule has 1 atom stereocenters. The summed E-state index contributed by atoms with van der Waals surface area (Å²) in [4.78, 5) is 0. The molecule has 1 heteroatoms. The van der Waals surface area contributed by atoms with Crippen LogP contribution in [-0.2, 0) is 0 Å². The first-order valence-corrected chi connectivity index (χ1v) is 6.20. The quantitative estimate of drug-likeness (QED) is 0.626. The van der Waals surface area contributed by atoms with Crippen LogP contribution >= 0.6 is 0 Å². The highest BCUT2D eigenvalue weighted by atomic mass is 14.8. The Morgan fingerprint density at radius 1 is 1.21 bits per heavy atom. The fraction of sp³-hybridized carbons (Fsp3) is 1.00. The molecule has 0 saturated heterocycles. The molecule has 0 bridgehead atoms. The van der Waals surface area contributed by atoms with Crippen LogP contribution < -0.4 is 5.32 Å². The monoisotopic (exact) mass is 199 g/mol. The Balaban J connectivity index is 3.89. The molecule has 86 valence electrons. The van der Waals surface area contributed by atoms with Gasteiger partial charge >= 0.3 is 0 Å². The van der Waals surface area contributed by atoms with Gasteiger partial charge in [-0.3, -0.25) is 0 Å². The molecule has 0 aromatic carbocycles. The van der Waals surface area contributed by atoms with Crippen LogP contribution in [0.3, 0.4) is 0 Å². The highest BCUT2D eigenvalue weighted by molar-refractivity contribution is 4.74. The average molecular weight is 199 g/mol. The summed E-state index contributed by atoms with van der Waals surface area (Å²) >= 11 is 0. The second-order valence-corrected chi connectivity index (χ2v) is 5.32. The van der Waals surface area contributed by atoms with Gasteiger partial charge in [-0.05, 0) is 31.3 Å². The summed E-state index contributed by atoms with van der Waals surface area (Å²) in [6.45, 7) is 10.5. The lowest BCUT2D eigenvalue weighted by Crippen LogP contribution is -2.28. The lowest BCUT2D eigenvalue weighted by atomic mass is 9.80. The van der Waals surface area contributed by atoms with Gasteiger partial charge < -0.3 is 5.32 Å². The molecule has 0 heterocycles. The molecule has 0 fully saturated rings. The molecule has 14 heavy (non-hydrogen) atoms. The molecule has 0 aliphatic rings. The summed E-state index contributed by atoms with van der Waals surface area (Å²) in [5.41, 5.74) is 0.461. The summed E-state index contributed by atoms with van der Waals surface area (Å²) in [6, 6.07) is 0. The maximum absolute atomic E-state index is 3.29. The molecule has 0 saturated carbocycles. The lowest BCUT2D eigenvalue weighted by molar-refractivity contribution is 0.244. The van der Waals surface area contributed by atoms with Crippen LogP contribution in [0.4, 0.5) is 0 Å². The normalized spacial score (nSPS) is 14.4. The van der Waals surface area contributed by atoms with E-state index >= 15 is 0 Å². The molecule has 0 aliphatic heterocycles. The third kappa shape index (κ3) is 6.42. The molecule has 1 nitrogen and oxygen atoms in total. The standard InChI is InChI=1S/C13H29N/c1-6-8-9-12(7-2)10-13(3,4)11-14-5/h12,14H,6-11H2,1-5H3. The maximum Gasteiger partial charge on any atom is -0.0000385 e. The van der Waals surface area contributed by atoms with Gasteiger partial charge in [-0.1, -0.05) is 53.4 Å². The van der Waals surface area contributed by atoms with E-state index in [-0.39, 0.29) is 0 Å². The van der Waals surface area contributed by atoms with Gasteiger partial charge in [0.05, 0.1) is 0 Å². The predicted molar refractivity (Wildman–Crippen MR) is 65.6 cm³/mol. The Bertz CT molecular complexity index is 129. The third-order valence-electron chi connectivity index (χ3n) is 3.04. The van der Waals surface area contributed by atoms with E-state index in [1.165, 1.54) is 32.1 Å². The van der Waals surface area contributed by atoms with Gasteiger partial charge in [0.2, 0.25) is 0 Å². The zero-order valence-corrected chi connectivity index (χ0v) is 10.8. The first kappa shape index (κ1) is 14.0. The zero-order chi connectivity index (χ0) is 11.0. The van der Waals surface area contributed by atoms with Gasteiger partial charge in [0, 0.05) is 0 Å². The lowest BCUT2D eigenvalue weighted by Gasteiger charge is -2.29. The summed E-state index contributed by atoms with van der Waals surface area (Å²) in [6.07, 6.45) is 6.86. The summed E-state index contributed by atoms with van der Waals surface area (Å²) in [7, 11) is 2.05. The van der Waals surface area contributed by atoms with Crippen LogP contribution in [0.15, 0.2) is 0 Å². The van der Waals surface area contributed by atoms with Gasteiger partial charge in [0.15, 0.2) is 0 Å². The van der Waals surface area contributed by atoms with Crippen molar-refractivity contribution in [1.29, 1.82) is 0 Å². The van der Waals surface area contributed by atoms with Crippen LogP contribution in [0.2, 0.25) is 0 Å². The van der Waals surface area contributed by atoms with Crippen molar-refractivity contribution in [3.63, 3.8) is 0 Å². The Kier molecular flexibility index (Phi) is 7.26. The summed E-state index contributed by atoms with van der Waals surface area (Å²) in [5.74, 6) is 0.929. The van der Waals surface area contributed by atoms with Crippen LogP contribution in [-0.4, -0.2) is 13.6 Å². The molecular formula is C13H29N. The molecule has 0 spiro atoms. The number of unbranched alkanes of at least 4 members (excludes halogenated alkanes) is 1. The largest absolute Gasteiger partial charge is 0.319 e. The SMILES string of the molecule is CCCCC(CC)CC(C)(C)CNC. The third-order valence-corrected chi connectivity index (χ3v) is 3.04. The van der Waals surface area contributed by atoms with E-state index in [4.69, 9.17) is 0 Å². The number of hydrogen-bond donors (Lipinski definition) is 1.